The summed E-state index contributed by atoms with van der Waals surface area (Å²) in [5, 5.41) is 0. The van der Waals surface area contributed by atoms with E-state index in [9.17, 15) is 0 Å². The fourth-order valence-electron chi connectivity index (χ4n) is 1.68. The van der Waals surface area contributed by atoms with Gasteiger partial charge in [0.15, 0.2) is 0 Å². The predicted octanol–water partition coefficient (Wildman–Crippen LogP) is 2.93. The first-order valence-electron chi connectivity index (χ1n) is 6.01. The molecule has 0 radical (unpaired) electrons. The van der Waals surface area contributed by atoms with Crippen molar-refractivity contribution < 1.29 is 4.74 Å². The zero-order valence-corrected chi connectivity index (χ0v) is 12.6. The number of hydrogen-bond acceptors (Lipinski definition) is 4. The van der Waals surface area contributed by atoms with Gasteiger partial charge < -0.3 is 9.64 Å². The van der Waals surface area contributed by atoms with Gasteiger partial charge in [-0.2, -0.15) is 4.98 Å². The van der Waals surface area contributed by atoms with Crippen molar-refractivity contribution in [3.8, 4) is 5.88 Å². The molecule has 0 atom stereocenters. The van der Waals surface area contributed by atoms with Crippen LogP contribution in [0, 0.1) is 0 Å². The first-order valence-corrected chi connectivity index (χ1v) is 6.81. The summed E-state index contributed by atoms with van der Waals surface area (Å²) >= 11 is 3.43. The minimum Gasteiger partial charge on any atom is -0.481 e. The number of ether oxygens (including phenoxy) is 1. The third-order valence-corrected chi connectivity index (χ3v) is 3.35. The highest BCUT2D eigenvalue weighted by Gasteiger charge is 2.05. The van der Waals surface area contributed by atoms with E-state index >= 15 is 0 Å². The lowest BCUT2D eigenvalue weighted by Gasteiger charge is -2.17. The minimum atomic E-state index is 0.584. The molecule has 0 aliphatic heterocycles. The highest BCUT2D eigenvalue weighted by atomic mass is 79.9. The van der Waals surface area contributed by atoms with Crippen LogP contribution in [0.3, 0.4) is 0 Å². The number of likely N-dealkylation sites (N-methyl/N-ethyl adjacent to an activating group) is 1. The van der Waals surface area contributed by atoms with Crippen LogP contribution in [0.1, 0.15) is 5.56 Å². The second-order valence-corrected chi connectivity index (χ2v) is 5.11. The van der Waals surface area contributed by atoms with Crippen LogP contribution in [0.25, 0.3) is 0 Å². The molecule has 0 aliphatic rings. The Hall–Kier alpha value is -1.62. The van der Waals surface area contributed by atoms with Gasteiger partial charge in [0, 0.05) is 30.3 Å². The van der Waals surface area contributed by atoms with E-state index < -0.39 is 0 Å². The SMILES string of the molecule is COc1ccnc(N(C)CCc2ccc(Br)cc2)n1. The highest BCUT2D eigenvalue weighted by Crippen LogP contribution is 2.13. The number of aromatic nitrogens is 2. The van der Waals surface area contributed by atoms with E-state index in [1.54, 1.807) is 19.4 Å². The quantitative estimate of drug-likeness (QED) is 0.848. The van der Waals surface area contributed by atoms with E-state index in [0.717, 1.165) is 17.4 Å². The molecule has 0 saturated carbocycles. The molecule has 0 spiro atoms. The summed E-state index contributed by atoms with van der Waals surface area (Å²) in [6.07, 6.45) is 2.65. The maximum Gasteiger partial charge on any atom is 0.228 e. The molecular weight excluding hydrogens is 306 g/mol. The normalized spacial score (nSPS) is 10.3. The molecule has 0 amide bonds. The van der Waals surface area contributed by atoms with E-state index in [0.29, 0.717) is 11.8 Å². The number of nitrogens with zero attached hydrogens (tertiary/aromatic N) is 3. The van der Waals surface area contributed by atoms with Crippen molar-refractivity contribution in [2.45, 2.75) is 6.42 Å². The lowest BCUT2D eigenvalue weighted by molar-refractivity contribution is 0.397. The number of halogens is 1. The van der Waals surface area contributed by atoms with E-state index in [1.807, 2.05) is 11.9 Å². The van der Waals surface area contributed by atoms with E-state index in [1.165, 1.54) is 5.56 Å². The molecule has 1 aromatic carbocycles. The first-order chi connectivity index (χ1) is 9.19. The number of methoxy groups -OCH3 is 1. The Morgan fingerprint density at radius 3 is 2.63 bits per heavy atom. The molecule has 0 aliphatic carbocycles. The minimum absolute atomic E-state index is 0.584. The fourth-order valence-corrected chi connectivity index (χ4v) is 1.94. The van der Waals surface area contributed by atoms with Crippen molar-refractivity contribution in [3.63, 3.8) is 0 Å². The van der Waals surface area contributed by atoms with Gasteiger partial charge in [-0.1, -0.05) is 28.1 Å². The van der Waals surface area contributed by atoms with Gasteiger partial charge in [-0.05, 0) is 24.1 Å². The number of anilines is 1. The molecular formula is C14H16BrN3O. The number of benzene rings is 1. The molecule has 1 heterocycles. The molecule has 2 aromatic rings. The van der Waals surface area contributed by atoms with Gasteiger partial charge in [-0.15, -0.1) is 0 Å². The fraction of sp³-hybridized carbons (Fsp3) is 0.286. The molecule has 0 bridgehead atoms. The summed E-state index contributed by atoms with van der Waals surface area (Å²) in [5.41, 5.74) is 1.29. The zero-order chi connectivity index (χ0) is 13.7. The number of hydrogen-bond donors (Lipinski definition) is 0. The second-order valence-electron chi connectivity index (χ2n) is 4.20. The summed E-state index contributed by atoms with van der Waals surface area (Å²) in [5.74, 6) is 1.26. The molecule has 0 fully saturated rings. The Bertz CT molecular complexity index is 530. The Morgan fingerprint density at radius 2 is 1.95 bits per heavy atom. The second kappa shape index (κ2) is 6.52. The van der Waals surface area contributed by atoms with Crippen molar-refractivity contribution >= 4 is 21.9 Å². The van der Waals surface area contributed by atoms with Crippen LogP contribution >= 0.6 is 15.9 Å². The lowest BCUT2D eigenvalue weighted by atomic mass is 10.1. The van der Waals surface area contributed by atoms with Crippen molar-refractivity contribution in [2.75, 3.05) is 25.6 Å². The zero-order valence-electron chi connectivity index (χ0n) is 11.0. The average molecular weight is 322 g/mol. The number of rotatable bonds is 5. The van der Waals surface area contributed by atoms with E-state index in [4.69, 9.17) is 4.74 Å². The van der Waals surface area contributed by atoms with Gasteiger partial charge in [-0.25, -0.2) is 4.98 Å². The van der Waals surface area contributed by atoms with Gasteiger partial charge >= 0.3 is 0 Å². The van der Waals surface area contributed by atoms with Crippen LogP contribution in [0.4, 0.5) is 5.95 Å². The van der Waals surface area contributed by atoms with Gasteiger partial charge in [-0.3, -0.25) is 0 Å². The molecule has 0 N–H and O–H groups in total. The summed E-state index contributed by atoms with van der Waals surface area (Å²) in [6, 6.07) is 10.1. The highest BCUT2D eigenvalue weighted by molar-refractivity contribution is 9.10. The van der Waals surface area contributed by atoms with Crippen molar-refractivity contribution in [1.29, 1.82) is 0 Å². The Balaban J connectivity index is 1.96. The van der Waals surface area contributed by atoms with E-state index in [-0.39, 0.29) is 0 Å². The Labute approximate surface area is 121 Å². The molecule has 0 saturated heterocycles. The van der Waals surface area contributed by atoms with E-state index in [2.05, 4.69) is 50.2 Å². The third kappa shape index (κ3) is 3.92. The van der Waals surface area contributed by atoms with Crippen LogP contribution in [-0.2, 0) is 6.42 Å². The topological polar surface area (TPSA) is 38.2 Å². The third-order valence-electron chi connectivity index (χ3n) is 2.82. The molecule has 19 heavy (non-hydrogen) atoms. The predicted molar refractivity (Wildman–Crippen MR) is 79.7 cm³/mol. The monoisotopic (exact) mass is 321 g/mol. The summed E-state index contributed by atoms with van der Waals surface area (Å²) in [6.45, 7) is 0.856. The standard InChI is InChI=1S/C14H16BrN3O/c1-18(14-16-9-7-13(17-14)19-2)10-8-11-3-5-12(15)6-4-11/h3-7,9H,8,10H2,1-2H3. The van der Waals surface area contributed by atoms with Gasteiger partial charge in [0.1, 0.15) is 0 Å². The lowest BCUT2D eigenvalue weighted by Crippen LogP contribution is -2.22. The summed E-state index contributed by atoms with van der Waals surface area (Å²) in [7, 11) is 3.58. The van der Waals surface area contributed by atoms with Crippen molar-refractivity contribution in [3.05, 3.63) is 46.6 Å². The molecule has 5 heteroatoms. The first kappa shape index (κ1) is 13.8. The van der Waals surface area contributed by atoms with Gasteiger partial charge in [0.2, 0.25) is 11.8 Å². The maximum absolute atomic E-state index is 5.10. The van der Waals surface area contributed by atoms with Crippen molar-refractivity contribution in [2.24, 2.45) is 0 Å². The average Bonchev–Trinajstić information content (AvgIpc) is 2.46. The Morgan fingerprint density at radius 1 is 1.21 bits per heavy atom. The Kier molecular flexibility index (Phi) is 4.74. The molecule has 1 aromatic heterocycles. The molecule has 4 nitrogen and oxygen atoms in total. The van der Waals surface area contributed by atoms with Crippen LogP contribution < -0.4 is 9.64 Å². The maximum atomic E-state index is 5.10. The largest absolute Gasteiger partial charge is 0.481 e. The van der Waals surface area contributed by atoms with Crippen molar-refractivity contribution in [1.82, 2.24) is 9.97 Å². The molecule has 0 unspecified atom stereocenters. The van der Waals surface area contributed by atoms with Gasteiger partial charge in [0.25, 0.3) is 0 Å². The van der Waals surface area contributed by atoms with Crippen LogP contribution in [0.15, 0.2) is 41.0 Å². The van der Waals surface area contributed by atoms with Crippen LogP contribution in [0.2, 0.25) is 0 Å². The molecule has 100 valence electrons. The summed E-state index contributed by atoms with van der Waals surface area (Å²) in [4.78, 5) is 10.6. The van der Waals surface area contributed by atoms with Crippen LogP contribution in [-0.4, -0.2) is 30.7 Å². The smallest absolute Gasteiger partial charge is 0.228 e. The molecule has 2 rings (SSSR count). The summed E-state index contributed by atoms with van der Waals surface area (Å²) < 4.78 is 6.20. The van der Waals surface area contributed by atoms with Crippen LogP contribution in [0.5, 0.6) is 5.88 Å². The van der Waals surface area contributed by atoms with Gasteiger partial charge in [0.05, 0.1) is 7.11 Å².